The Bertz CT molecular complexity index is 1050. The maximum absolute atomic E-state index is 11.5. The Hall–Kier alpha value is -3.20. The molecule has 1 aliphatic rings. The zero-order chi connectivity index (χ0) is 20.2. The normalized spacial score (nSPS) is 14.7. The van der Waals surface area contributed by atoms with E-state index in [2.05, 4.69) is 27.4 Å². The van der Waals surface area contributed by atoms with E-state index in [1.165, 1.54) is 17.8 Å². The molecule has 0 bridgehead atoms. The van der Waals surface area contributed by atoms with Gasteiger partial charge in [0.25, 0.3) is 5.69 Å². The zero-order valence-corrected chi connectivity index (χ0v) is 16.6. The molecule has 1 N–H and O–H groups in total. The Morgan fingerprint density at radius 2 is 1.97 bits per heavy atom. The predicted molar refractivity (Wildman–Crippen MR) is 111 cm³/mol. The van der Waals surface area contributed by atoms with E-state index in [9.17, 15) is 10.1 Å². The molecule has 3 aromatic rings. The second kappa shape index (κ2) is 8.44. The summed E-state index contributed by atoms with van der Waals surface area (Å²) in [5.74, 6) is 1.19. The van der Waals surface area contributed by atoms with Crippen LogP contribution in [-0.2, 0) is 0 Å². The third-order valence-electron chi connectivity index (χ3n) is 4.48. The number of rotatable bonds is 6. The molecule has 8 nitrogen and oxygen atoms in total. The van der Waals surface area contributed by atoms with Gasteiger partial charge in [0.2, 0.25) is 17.3 Å². The summed E-state index contributed by atoms with van der Waals surface area (Å²) < 4.78 is 6.12. The maximum Gasteiger partial charge on any atom is 0.278 e. The van der Waals surface area contributed by atoms with Gasteiger partial charge in [-0.1, -0.05) is 55.4 Å². The zero-order valence-electron chi connectivity index (χ0n) is 15.7. The molecule has 1 aliphatic heterocycles. The van der Waals surface area contributed by atoms with E-state index in [0.29, 0.717) is 22.3 Å². The first-order valence-corrected chi connectivity index (χ1v) is 10.3. The topological polar surface area (TPSA) is 103 Å². The minimum Gasteiger partial charge on any atom is -0.447 e. The van der Waals surface area contributed by atoms with Gasteiger partial charge in [-0.25, -0.2) is 0 Å². The first-order valence-electron chi connectivity index (χ1n) is 9.30. The lowest BCUT2D eigenvalue weighted by molar-refractivity contribution is -0.386. The van der Waals surface area contributed by atoms with Crippen molar-refractivity contribution in [2.75, 3.05) is 11.1 Å². The van der Waals surface area contributed by atoms with Crippen molar-refractivity contribution in [3.8, 4) is 17.1 Å². The molecule has 0 amide bonds. The molecule has 9 heteroatoms. The SMILES string of the molecule is CCCCSc1nnc2c(n1)O[C@@H](c1ccccc1[N+](=O)[O-])Nc1ccccc1-2. The Kier molecular flexibility index (Phi) is 5.57. The molecule has 0 saturated heterocycles. The van der Waals surface area contributed by atoms with Crippen molar-refractivity contribution >= 4 is 23.1 Å². The van der Waals surface area contributed by atoms with Crippen LogP contribution in [0.2, 0.25) is 0 Å². The number of anilines is 1. The van der Waals surface area contributed by atoms with Crippen LogP contribution in [0.15, 0.2) is 53.7 Å². The number of nitro groups is 1. The van der Waals surface area contributed by atoms with Crippen molar-refractivity contribution in [2.45, 2.75) is 31.1 Å². The number of fused-ring (bicyclic) bond motifs is 3. The molecule has 4 rings (SSSR count). The second-order valence-corrected chi connectivity index (χ2v) is 7.52. The number of aromatic nitrogens is 3. The summed E-state index contributed by atoms with van der Waals surface area (Å²) in [6.07, 6.45) is 1.35. The molecular weight excluding hydrogens is 390 g/mol. The fourth-order valence-electron chi connectivity index (χ4n) is 3.03. The fourth-order valence-corrected chi connectivity index (χ4v) is 3.89. The van der Waals surface area contributed by atoms with Gasteiger partial charge in [0.05, 0.1) is 10.5 Å². The van der Waals surface area contributed by atoms with Crippen molar-refractivity contribution in [3.05, 3.63) is 64.2 Å². The van der Waals surface area contributed by atoms with Gasteiger partial charge in [-0.15, -0.1) is 10.2 Å². The average Bonchev–Trinajstić information content (AvgIpc) is 2.90. The molecule has 148 valence electrons. The number of nitro benzene ring substituents is 1. The van der Waals surface area contributed by atoms with E-state index < -0.39 is 11.2 Å². The molecule has 2 heterocycles. The number of thioether (sulfide) groups is 1. The van der Waals surface area contributed by atoms with Crippen LogP contribution in [0.5, 0.6) is 5.88 Å². The summed E-state index contributed by atoms with van der Waals surface area (Å²) >= 11 is 1.52. The Balaban J connectivity index is 1.78. The molecule has 2 aromatic carbocycles. The van der Waals surface area contributed by atoms with E-state index in [1.807, 2.05) is 24.3 Å². The van der Waals surface area contributed by atoms with Crippen molar-refractivity contribution in [1.82, 2.24) is 15.2 Å². The lowest BCUT2D eigenvalue weighted by Gasteiger charge is -2.19. The van der Waals surface area contributed by atoms with Crippen molar-refractivity contribution in [1.29, 1.82) is 0 Å². The van der Waals surface area contributed by atoms with Crippen LogP contribution in [-0.4, -0.2) is 25.9 Å². The van der Waals surface area contributed by atoms with E-state index in [1.54, 1.807) is 18.2 Å². The molecule has 0 spiro atoms. The molecule has 29 heavy (non-hydrogen) atoms. The van der Waals surface area contributed by atoms with Gasteiger partial charge in [0, 0.05) is 23.1 Å². The van der Waals surface area contributed by atoms with Crippen LogP contribution in [0.3, 0.4) is 0 Å². The minimum absolute atomic E-state index is 0.0227. The smallest absolute Gasteiger partial charge is 0.278 e. The number of unbranched alkanes of at least 4 members (excludes halogenated alkanes) is 1. The Labute approximate surface area is 171 Å². The number of benzene rings is 2. The molecule has 0 unspecified atom stereocenters. The van der Waals surface area contributed by atoms with Crippen molar-refractivity contribution < 1.29 is 9.66 Å². The molecule has 1 atom stereocenters. The minimum atomic E-state index is -0.788. The Morgan fingerprint density at radius 3 is 2.79 bits per heavy atom. The average molecular weight is 409 g/mol. The highest BCUT2D eigenvalue weighted by atomic mass is 32.2. The van der Waals surface area contributed by atoms with Crippen LogP contribution in [0.4, 0.5) is 11.4 Å². The summed E-state index contributed by atoms with van der Waals surface area (Å²) in [5, 5.41) is 23.9. The maximum atomic E-state index is 11.5. The molecule has 0 saturated carbocycles. The highest BCUT2D eigenvalue weighted by molar-refractivity contribution is 7.99. The first-order chi connectivity index (χ1) is 14.2. The third kappa shape index (κ3) is 4.00. The number of nitrogens with one attached hydrogen (secondary N) is 1. The third-order valence-corrected chi connectivity index (χ3v) is 5.40. The number of para-hydroxylation sites is 2. The van der Waals surface area contributed by atoms with E-state index in [0.717, 1.165) is 29.8 Å². The standard InChI is InChI=1S/C20H19N5O3S/c1-2-3-12-29-20-22-19-17(23-24-20)13-8-4-6-10-15(13)21-18(28-19)14-9-5-7-11-16(14)25(26)27/h4-11,18,21H,2-3,12H2,1H3/t18-/m0/s1. The van der Waals surface area contributed by atoms with E-state index in [-0.39, 0.29) is 5.69 Å². The lowest BCUT2D eigenvalue weighted by Crippen LogP contribution is -2.18. The number of ether oxygens (including phenoxy) is 1. The lowest BCUT2D eigenvalue weighted by atomic mass is 10.1. The quantitative estimate of drug-likeness (QED) is 0.267. The predicted octanol–water partition coefficient (Wildman–Crippen LogP) is 4.84. The van der Waals surface area contributed by atoms with Crippen molar-refractivity contribution in [3.63, 3.8) is 0 Å². The van der Waals surface area contributed by atoms with Gasteiger partial charge in [-0.3, -0.25) is 10.1 Å². The highest BCUT2D eigenvalue weighted by Gasteiger charge is 2.30. The number of hydrogen-bond donors (Lipinski definition) is 1. The van der Waals surface area contributed by atoms with Crippen LogP contribution in [0.25, 0.3) is 11.3 Å². The van der Waals surface area contributed by atoms with Gasteiger partial charge in [-0.05, 0) is 18.6 Å². The van der Waals surface area contributed by atoms with Crippen LogP contribution in [0.1, 0.15) is 31.6 Å². The fraction of sp³-hybridized carbons (Fsp3) is 0.250. The van der Waals surface area contributed by atoms with Gasteiger partial charge in [0.15, 0.2) is 5.69 Å². The molecule has 0 fully saturated rings. The van der Waals surface area contributed by atoms with E-state index >= 15 is 0 Å². The molecule has 1 aromatic heterocycles. The number of hydrogen-bond acceptors (Lipinski definition) is 8. The van der Waals surface area contributed by atoms with Gasteiger partial charge in [-0.2, -0.15) is 4.98 Å². The van der Waals surface area contributed by atoms with Crippen LogP contribution in [0, 0.1) is 10.1 Å². The summed E-state index contributed by atoms with van der Waals surface area (Å²) in [4.78, 5) is 15.7. The Morgan fingerprint density at radius 1 is 1.17 bits per heavy atom. The molecular formula is C20H19N5O3S. The molecule has 0 aliphatic carbocycles. The van der Waals surface area contributed by atoms with Gasteiger partial charge < -0.3 is 10.1 Å². The second-order valence-electron chi connectivity index (χ2n) is 6.45. The van der Waals surface area contributed by atoms with Gasteiger partial charge >= 0.3 is 0 Å². The highest BCUT2D eigenvalue weighted by Crippen LogP contribution is 2.40. The summed E-state index contributed by atoms with van der Waals surface area (Å²) in [5.41, 5.74) is 2.43. The van der Waals surface area contributed by atoms with Crippen LogP contribution >= 0.6 is 11.8 Å². The summed E-state index contributed by atoms with van der Waals surface area (Å²) in [7, 11) is 0. The van der Waals surface area contributed by atoms with Crippen LogP contribution < -0.4 is 10.1 Å². The largest absolute Gasteiger partial charge is 0.447 e. The first kappa shape index (κ1) is 19.1. The summed E-state index contributed by atoms with van der Waals surface area (Å²) in [6.45, 7) is 2.12. The van der Waals surface area contributed by atoms with E-state index in [4.69, 9.17) is 4.74 Å². The van der Waals surface area contributed by atoms with Crippen molar-refractivity contribution in [2.24, 2.45) is 0 Å². The summed E-state index contributed by atoms with van der Waals surface area (Å²) in [6, 6.07) is 14.1. The molecule has 0 radical (unpaired) electrons. The number of nitrogens with zero attached hydrogens (tertiary/aromatic N) is 4. The van der Waals surface area contributed by atoms with Gasteiger partial charge in [0.1, 0.15) is 0 Å². The monoisotopic (exact) mass is 409 g/mol.